The normalized spacial score (nSPS) is 10.8. The molecule has 0 spiro atoms. The van der Waals surface area contributed by atoms with E-state index in [1.807, 2.05) is 41.8 Å². The number of benzene rings is 1. The van der Waals surface area contributed by atoms with E-state index in [1.165, 1.54) is 0 Å². The van der Waals surface area contributed by atoms with Crippen LogP contribution in [-0.4, -0.2) is 19.5 Å². The van der Waals surface area contributed by atoms with Crippen LogP contribution in [0.5, 0.6) is 0 Å². The molecule has 0 amide bonds. The molecule has 102 valence electrons. The maximum Gasteiger partial charge on any atom is 0.280 e. The fourth-order valence-corrected chi connectivity index (χ4v) is 2.05. The number of aromatic nitrogens is 4. The average molecular weight is 269 g/mol. The number of H-pyrrole nitrogens is 1. The number of hydrogen-bond acceptors (Lipinski definition) is 4. The van der Waals surface area contributed by atoms with Gasteiger partial charge in [-0.2, -0.15) is 4.98 Å². The molecular weight excluding hydrogens is 254 g/mol. The fraction of sp³-hybridized carbons (Fsp3) is 0.214. The van der Waals surface area contributed by atoms with Gasteiger partial charge in [-0.1, -0.05) is 30.3 Å². The van der Waals surface area contributed by atoms with Crippen molar-refractivity contribution < 1.29 is 0 Å². The Labute approximate surface area is 115 Å². The molecule has 20 heavy (non-hydrogen) atoms. The molecule has 1 aromatic carbocycles. The lowest BCUT2D eigenvalue weighted by Gasteiger charge is -2.06. The van der Waals surface area contributed by atoms with Gasteiger partial charge in [0.1, 0.15) is 0 Å². The van der Waals surface area contributed by atoms with Crippen molar-refractivity contribution in [1.82, 2.24) is 19.5 Å². The zero-order chi connectivity index (χ0) is 13.9. The van der Waals surface area contributed by atoms with Crippen LogP contribution in [0.1, 0.15) is 12.5 Å². The standard InChI is InChI=1S/C14H15N5O/c1-2-19-9-16-11-12(19)17-14(18-13(11)20)15-8-10-6-4-3-5-7-10/h3-7,9H,2,8H2,1H3,(H2,15,17,18,20). The third kappa shape index (κ3) is 2.27. The van der Waals surface area contributed by atoms with Crippen LogP contribution in [0, 0.1) is 0 Å². The fourth-order valence-electron chi connectivity index (χ4n) is 2.05. The van der Waals surface area contributed by atoms with Crippen LogP contribution in [0.15, 0.2) is 41.5 Å². The van der Waals surface area contributed by atoms with Crippen LogP contribution >= 0.6 is 0 Å². The van der Waals surface area contributed by atoms with E-state index in [2.05, 4.69) is 20.3 Å². The Morgan fingerprint density at radius 1 is 1.30 bits per heavy atom. The van der Waals surface area contributed by atoms with Crippen molar-refractivity contribution in [3.05, 3.63) is 52.6 Å². The summed E-state index contributed by atoms with van der Waals surface area (Å²) in [7, 11) is 0. The molecule has 0 bridgehead atoms. The summed E-state index contributed by atoms with van der Waals surface area (Å²) >= 11 is 0. The van der Waals surface area contributed by atoms with Gasteiger partial charge in [0.25, 0.3) is 5.56 Å². The van der Waals surface area contributed by atoms with Gasteiger partial charge in [-0.25, -0.2) is 4.98 Å². The molecule has 3 aromatic rings. The lowest BCUT2D eigenvalue weighted by molar-refractivity contribution is 0.777. The molecule has 6 heteroatoms. The summed E-state index contributed by atoms with van der Waals surface area (Å²) in [5.74, 6) is 0.460. The second-order valence-electron chi connectivity index (χ2n) is 4.46. The summed E-state index contributed by atoms with van der Waals surface area (Å²) in [4.78, 5) is 23.1. The monoisotopic (exact) mass is 269 g/mol. The zero-order valence-corrected chi connectivity index (χ0v) is 11.1. The number of fused-ring (bicyclic) bond motifs is 1. The lowest BCUT2D eigenvalue weighted by Crippen LogP contribution is -2.14. The van der Waals surface area contributed by atoms with Crippen LogP contribution in [0.25, 0.3) is 11.2 Å². The van der Waals surface area contributed by atoms with Crippen molar-refractivity contribution in [3.63, 3.8) is 0 Å². The molecule has 0 aliphatic carbocycles. The van der Waals surface area contributed by atoms with Gasteiger partial charge in [0.15, 0.2) is 11.2 Å². The molecule has 0 unspecified atom stereocenters. The minimum atomic E-state index is -0.224. The highest BCUT2D eigenvalue weighted by Crippen LogP contribution is 2.08. The van der Waals surface area contributed by atoms with Gasteiger partial charge in [-0.05, 0) is 12.5 Å². The molecule has 0 saturated heterocycles. The van der Waals surface area contributed by atoms with Crippen molar-refractivity contribution >= 4 is 17.1 Å². The molecule has 0 saturated carbocycles. The Morgan fingerprint density at radius 3 is 2.85 bits per heavy atom. The lowest BCUT2D eigenvalue weighted by atomic mass is 10.2. The first-order valence-corrected chi connectivity index (χ1v) is 6.51. The predicted molar refractivity (Wildman–Crippen MR) is 77.6 cm³/mol. The van der Waals surface area contributed by atoms with Crippen molar-refractivity contribution in [2.24, 2.45) is 0 Å². The van der Waals surface area contributed by atoms with E-state index >= 15 is 0 Å². The Balaban J connectivity index is 1.90. The number of anilines is 1. The molecule has 0 radical (unpaired) electrons. The number of hydrogen-bond donors (Lipinski definition) is 2. The maximum atomic E-state index is 11.9. The van der Waals surface area contributed by atoms with Crippen molar-refractivity contribution in [2.45, 2.75) is 20.0 Å². The number of nitrogens with zero attached hydrogens (tertiary/aromatic N) is 3. The van der Waals surface area contributed by atoms with Crippen molar-refractivity contribution in [3.8, 4) is 0 Å². The Hall–Kier alpha value is -2.63. The highest BCUT2D eigenvalue weighted by Gasteiger charge is 2.09. The largest absolute Gasteiger partial charge is 0.352 e. The minimum Gasteiger partial charge on any atom is -0.352 e. The molecule has 0 aliphatic heterocycles. The first kappa shape index (κ1) is 12.4. The first-order valence-electron chi connectivity index (χ1n) is 6.51. The van der Waals surface area contributed by atoms with Crippen LogP contribution in [0.2, 0.25) is 0 Å². The molecule has 2 heterocycles. The second kappa shape index (κ2) is 5.16. The third-order valence-corrected chi connectivity index (χ3v) is 3.12. The highest BCUT2D eigenvalue weighted by molar-refractivity contribution is 5.70. The second-order valence-corrected chi connectivity index (χ2v) is 4.46. The number of aromatic amines is 1. The number of imidazole rings is 1. The molecule has 2 N–H and O–H groups in total. The molecule has 0 fully saturated rings. The summed E-state index contributed by atoms with van der Waals surface area (Å²) in [5.41, 5.74) is 1.88. The van der Waals surface area contributed by atoms with Gasteiger partial charge >= 0.3 is 0 Å². The van der Waals surface area contributed by atoms with E-state index < -0.39 is 0 Å². The van der Waals surface area contributed by atoms with E-state index in [0.717, 1.165) is 12.1 Å². The number of nitrogens with one attached hydrogen (secondary N) is 2. The van der Waals surface area contributed by atoms with Gasteiger partial charge in [-0.3, -0.25) is 9.78 Å². The predicted octanol–water partition coefficient (Wildman–Crippen LogP) is 1.75. The first-order chi connectivity index (χ1) is 9.78. The Bertz CT molecular complexity index is 775. The summed E-state index contributed by atoms with van der Waals surface area (Å²) in [6.07, 6.45) is 1.63. The Kier molecular flexibility index (Phi) is 3.20. The van der Waals surface area contributed by atoms with E-state index in [-0.39, 0.29) is 5.56 Å². The van der Waals surface area contributed by atoms with E-state index in [1.54, 1.807) is 6.33 Å². The summed E-state index contributed by atoms with van der Waals surface area (Å²) in [6.45, 7) is 3.32. The summed E-state index contributed by atoms with van der Waals surface area (Å²) in [6, 6.07) is 9.94. The number of aryl methyl sites for hydroxylation is 1. The molecule has 3 rings (SSSR count). The van der Waals surface area contributed by atoms with Gasteiger partial charge in [0, 0.05) is 13.1 Å². The molecule has 2 aromatic heterocycles. The van der Waals surface area contributed by atoms with Gasteiger partial charge in [-0.15, -0.1) is 0 Å². The smallest absolute Gasteiger partial charge is 0.280 e. The number of rotatable bonds is 4. The van der Waals surface area contributed by atoms with Gasteiger partial charge in [0.2, 0.25) is 5.95 Å². The Morgan fingerprint density at radius 2 is 2.10 bits per heavy atom. The maximum absolute atomic E-state index is 11.9. The molecule has 6 nitrogen and oxygen atoms in total. The van der Waals surface area contributed by atoms with E-state index in [9.17, 15) is 4.79 Å². The van der Waals surface area contributed by atoms with Crippen LogP contribution in [-0.2, 0) is 13.1 Å². The van der Waals surface area contributed by atoms with Crippen molar-refractivity contribution in [2.75, 3.05) is 5.32 Å². The van der Waals surface area contributed by atoms with Crippen LogP contribution < -0.4 is 10.9 Å². The van der Waals surface area contributed by atoms with Gasteiger partial charge in [0.05, 0.1) is 6.33 Å². The molecule has 0 atom stereocenters. The van der Waals surface area contributed by atoms with E-state index in [4.69, 9.17) is 0 Å². The summed E-state index contributed by atoms with van der Waals surface area (Å²) < 4.78 is 1.85. The quantitative estimate of drug-likeness (QED) is 0.756. The average Bonchev–Trinajstić information content (AvgIpc) is 2.90. The molecule has 0 aliphatic rings. The van der Waals surface area contributed by atoms with Gasteiger partial charge < -0.3 is 9.88 Å². The van der Waals surface area contributed by atoms with Crippen LogP contribution in [0.3, 0.4) is 0 Å². The van der Waals surface area contributed by atoms with Crippen molar-refractivity contribution in [1.29, 1.82) is 0 Å². The highest BCUT2D eigenvalue weighted by atomic mass is 16.1. The summed E-state index contributed by atoms with van der Waals surface area (Å²) in [5, 5.41) is 3.13. The third-order valence-electron chi connectivity index (χ3n) is 3.12. The topological polar surface area (TPSA) is 75.6 Å². The van der Waals surface area contributed by atoms with E-state index in [0.29, 0.717) is 23.7 Å². The zero-order valence-electron chi connectivity index (χ0n) is 11.1. The minimum absolute atomic E-state index is 0.224. The molecular formula is C14H15N5O. The van der Waals surface area contributed by atoms with Crippen LogP contribution in [0.4, 0.5) is 5.95 Å². The SMILES string of the molecule is CCn1cnc2c(=O)[nH]c(NCc3ccccc3)nc21.